The molecule has 0 radical (unpaired) electrons. The fourth-order valence-electron chi connectivity index (χ4n) is 1.98. The van der Waals surface area contributed by atoms with Crippen molar-refractivity contribution < 1.29 is 0 Å². The molecule has 7 nitrogen and oxygen atoms in total. The quantitative estimate of drug-likeness (QED) is 0.773. The van der Waals surface area contributed by atoms with Crippen molar-refractivity contribution in [3.63, 3.8) is 0 Å². The second-order valence-electron chi connectivity index (χ2n) is 4.98. The van der Waals surface area contributed by atoms with Crippen LogP contribution in [0.2, 0.25) is 0 Å². The molecule has 0 fully saturated rings. The molecule has 3 aromatic rings. The summed E-state index contributed by atoms with van der Waals surface area (Å²) >= 11 is 0. The highest BCUT2D eigenvalue weighted by atomic mass is 15.3. The lowest BCUT2D eigenvalue weighted by Crippen LogP contribution is -2.11. The molecule has 1 N–H and O–H groups in total. The summed E-state index contributed by atoms with van der Waals surface area (Å²) in [5, 5.41) is 7.45. The summed E-state index contributed by atoms with van der Waals surface area (Å²) in [5.74, 6) is 2.41. The zero-order valence-corrected chi connectivity index (χ0v) is 12.5. The Bertz CT molecular complexity index is 737. The minimum atomic E-state index is 0.666. The van der Waals surface area contributed by atoms with Crippen LogP contribution < -0.4 is 10.2 Å². The molecule has 22 heavy (non-hydrogen) atoms. The Kier molecular flexibility index (Phi) is 3.95. The first-order chi connectivity index (χ1) is 10.7. The molecule has 0 saturated carbocycles. The third kappa shape index (κ3) is 3.20. The minimum absolute atomic E-state index is 0.666. The van der Waals surface area contributed by atoms with Crippen LogP contribution in [-0.2, 0) is 6.54 Å². The Hall–Kier alpha value is -2.96. The minimum Gasteiger partial charge on any atom is -0.366 e. The van der Waals surface area contributed by atoms with Crippen molar-refractivity contribution in [1.82, 2.24) is 24.7 Å². The molecule has 0 bridgehead atoms. The first kappa shape index (κ1) is 14.0. The van der Waals surface area contributed by atoms with E-state index in [1.54, 1.807) is 10.9 Å². The first-order valence-electron chi connectivity index (χ1n) is 6.90. The summed E-state index contributed by atoms with van der Waals surface area (Å²) in [7, 11) is 3.95. The van der Waals surface area contributed by atoms with Crippen LogP contribution in [0.3, 0.4) is 0 Å². The Morgan fingerprint density at radius 3 is 2.82 bits per heavy atom. The van der Waals surface area contributed by atoms with E-state index in [1.807, 2.05) is 55.7 Å². The van der Waals surface area contributed by atoms with Gasteiger partial charge >= 0.3 is 0 Å². The SMILES string of the molecule is CN(C)c1cc(CNc2cc(-n3cccn3)ncn2)ccn1. The summed E-state index contributed by atoms with van der Waals surface area (Å²) in [4.78, 5) is 14.7. The van der Waals surface area contributed by atoms with E-state index in [1.165, 1.54) is 6.33 Å². The smallest absolute Gasteiger partial charge is 0.158 e. The standard InChI is InChI=1S/C15H17N7/c1-21(2)14-8-12(4-6-16-14)10-17-13-9-15(19-11-18-13)22-7-3-5-20-22/h3-9,11H,10H2,1-2H3,(H,17,18,19). The lowest BCUT2D eigenvalue weighted by Gasteiger charge is -2.12. The molecule has 0 amide bonds. The summed E-state index contributed by atoms with van der Waals surface area (Å²) < 4.78 is 1.70. The van der Waals surface area contributed by atoms with Crippen LogP contribution >= 0.6 is 0 Å². The highest BCUT2D eigenvalue weighted by Gasteiger charge is 2.03. The Morgan fingerprint density at radius 1 is 1.14 bits per heavy atom. The number of nitrogens with zero attached hydrogens (tertiary/aromatic N) is 6. The van der Waals surface area contributed by atoms with E-state index in [9.17, 15) is 0 Å². The molecular weight excluding hydrogens is 278 g/mol. The van der Waals surface area contributed by atoms with Crippen LogP contribution in [0.5, 0.6) is 0 Å². The predicted octanol–water partition coefficient (Wildman–Crippen LogP) is 1.74. The largest absolute Gasteiger partial charge is 0.366 e. The fourth-order valence-corrected chi connectivity index (χ4v) is 1.98. The van der Waals surface area contributed by atoms with E-state index in [0.29, 0.717) is 6.54 Å². The van der Waals surface area contributed by atoms with Crippen LogP contribution in [0.4, 0.5) is 11.6 Å². The molecule has 3 heterocycles. The average molecular weight is 295 g/mol. The maximum atomic E-state index is 4.30. The number of rotatable bonds is 5. The predicted molar refractivity (Wildman–Crippen MR) is 85.0 cm³/mol. The van der Waals surface area contributed by atoms with Crippen molar-refractivity contribution in [3.05, 3.63) is 54.7 Å². The average Bonchev–Trinajstić information content (AvgIpc) is 3.08. The summed E-state index contributed by atoms with van der Waals surface area (Å²) in [6.07, 6.45) is 6.89. The van der Waals surface area contributed by atoms with Gasteiger partial charge in [0, 0.05) is 45.3 Å². The van der Waals surface area contributed by atoms with Gasteiger partial charge in [0.1, 0.15) is 18.0 Å². The van der Waals surface area contributed by atoms with Gasteiger partial charge in [0.15, 0.2) is 5.82 Å². The van der Waals surface area contributed by atoms with Crippen LogP contribution in [0.15, 0.2) is 49.2 Å². The third-order valence-corrected chi connectivity index (χ3v) is 3.13. The molecule has 3 aromatic heterocycles. The van der Waals surface area contributed by atoms with Gasteiger partial charge in [-0.05, 0) is 23.8 Å². The van der Waals surface area contributed by atoms with Crippen molar-refractivity contribution >= 4 is 11.6 Å². The van der Waals surface area contributed by atoms with Gasteiger partial charge in [0.25, 0.3) is 0 Å². The van der Waals surface area contributed by atoms with E-state index in [2.05, 4.69) is 25.4 Å². The number of pyridine rings is 1. The van der Waals surface area contributed by atoms with Gasteiger partial charge in [0.2, 0.25) is 0 Å². The van der Waals surface area contributed by atoms with Gasteiger partial charge in [-0.15, -0.1) is 0 Å². The zero-order chi connectivity index (χ0) is 15.4. The van der Waals surface area contributed by atoms with Gasteiger partial charge in [-0.25, -0.2) is 19.6 Å². The van der Waals surface area contributed by atoms with E-state index in [4.69, 9.17) is 0 Å². The molecule has 7 heteroatoms. The number of nitrogens with one attached hydrogen (secondary N) is 1. The Labute approximate surface area is 128 Å². The normalized spacial score (nSPS) is 10.5. The summed E-state index contributed by atoms with van der Waals surface area (Å²) in [6, 6.07) is 7.74. The third-order valence-electron chi connectivity index (χ3n) is 3.13. The molecule has 0 aliphatic rings. The topological polar surface area (TPSA) is 71.8 Å². The van der Waals surface area contributed by atoms with Crippen LogP contribution in [0, 0.1) is 0 Å². The Balaban J connectivity index is 1.72. The Morgan fingerprint density at radius 2 is 2.05 bits per heavy atom. The van der Waals surface area contributed by atoms with E-state index >= 15 is 0 Å². The highest BCUT2D eigenvalue weighted by Crippen LogP contribution is 2.12. The molecule has 0 unspecified atom stereocenters. The van der Waals surface area contributed by atoms with Gasteiger partial charge in [-0.2, -0.15) is 5.10 Å². The van der Waals surface area contributed by atoms with Gasteiger partial charge in [-0.3, -0.25) is 0 Å². The molecule has 0 atom stereocenters. The van der Waals surface area contributed by atoms with E-state index in [-0.39, 0.29) is 0 Å². The fraction of sp³-hybridized carbons (Fsp3) is 0.200. The van der Waals surface area contributed by atoms with E-state index < -0.39 is 0 Å². The van der Waals surface area contributed by atoms with Crippen LogP contribution in [0.25, 0.3) is 5.82 Å². The number of hydrogen-bond donors (Lipinski definition) is 1. The van der Waals surface area contributed by atoms with E-state index in [0.717, 1.165) is 23.0 Å². The highest BCUT2D eigenvalue weighted by molar-refractivity contribution is 5.43. The maximum absolute atomic E-state index is 4.30. The number of aromatic nitrogens is 5. The van der Waals surface area contributed by atoms with Crippen LogP contribution in [-0.4, -0.2) is 38.8 Å². The molecule has 0 saturated heterocycles. The monoisotopic (exact) mass is 295 g/mol. The molecule has 0 spiro atoms. The molecule has 112 valence electrons. The van der Waals surface area contributed by atoms with Crippen molar-refractivity contribution in [2.75, 3.05) is 24.3 Å². The molecule has 0 aliphatic carbocycles. The maximum Gasteiger partial charge on any atom is 0.158 e. The molecule has 3 rings (SSSR count). The second-order valence-corrected chi connectivity index (χ2v) is 4.98. The van der Waals surface area contributed by atoms with Gasteiger partial charge in [-0.1, -0.05) is 0 Å². The number of anilines is 2. The van der Waals surface area contributed by atoms with Crippen molar-refractivity contribution in [3.8, 4) is 5.82 Å². The lowest BCUT2D eigenvalue weighted by molar-refractivity contribution is 0.839. The van der Waals surface area contributed by atoms with Gasteiger partial charge in [0.05, 0.1) is 0 Å². The summed E-state index contributed by atoms with van der Waals surface area (Å²) in [5.41, 5.74) is 1.14. The molecule has 0 aliphatic heterocycles. The van der Waals surface area contributed by atoms with Gasteiger partial charge < -0.3 is 10.2 Å². The molecule has 0 aromatic carbocycles. The zero-order valence-electron chi connectivity index (χ0n) is 12.5. The summed E-state index contributed by atoms with van der Waals surface area (Å²) in [6.45, 7) is 0.666. The van der Waals surface area contributed by atoms with Crippen molar-refractivity contribution in [1.29, 1.82) is 0 Å². The molecular formula is C15H17N7. The van der Waals surface area contributed by atoms with Crippen molar-refractivity contribution in [2.24, 2.45) is 0 Å². The number of hydrogen-bond acceptors (Lipinski definition) is 6. The first-order valence-corrected chi connectivity index (χ1v) is 6.90. The van der Waals surface area contributed by atoms with Crippen molar-refractivity contribution in [2.45, 2.75) is 6.54 Å². The van der Waals surface area contributed by atoms with Crippen LogP contribution in [0.1, 0.15) is 5.56 Å². The lowest BCUT2D eigenvalue weighted by atomic mass is 10.2. The second kappa shape index (κ2) is 6.21.